The first-order valence-electron chi connectivity index (χ1n) is 6.63. The molecule has 0 saturated heterocycles. The number of anilines is 1. The second kappa shape index (κ2) is 5.83. The molecule has 0 aliphatic heterocycles. The van der Waals surface area contributed by atoms with Crippen molar-refractivity contribution in [3.8, 4) is 6.07 Å². The van der Waals surface area contributed by atoms with Crippen molar-refractivity contribution in [2.75, 3.05) is 18.0 Å². The van der Waals surface area contributed by atoms with Crippen molar-refractivity contribution in [2.24, 2.45) is 11.7 Å². The second-order valence-corrected chi connectivity index (χ2v) is 4.79. The molecule has 1 saturated carbocycles. The lowest BCUT2D eigenvalue weighted by Crippen LogP contribution is -2.40. The van der Waals surface area contributed by atoms with Gasteiger partial charge in [-0.1, -0.05) is 6.42 Å². The van der Waals surface area contributed by atoms with Gasteiger partial charge in [0.25, 0.3) is 0 Å². The number of hydrogen-bond acceptors (Lipinski definition) is 4. The molecule has 2 unspecified atom stereocenters. The highest BCUT2D eigenvalue weighted by atomic mass is 15.2. The molecule has 1 fully saturated rings. The molecule has 2 N–H and O–H groups in total. The van der Waals surface area contributed by atoms with Gasteiger partial charge in [0.05, 0.1) is 11.6 Å². The van der Waals surface area contributed by atoms with E-state index in [4.69, 9.17) is 11.0 Å². The summed E-state index contributed by atoms with van der Waals surface area (Å²) < 4.78 is 0. The van der Waals surface area contributed by atoms with E-state index in [2.05, 4.69) is 22.9 Å². The van der Waals surface area contributed by atoms with Gasteiger partial charge in [0.15, 0.2) is 0 Å². The third kappa shape index (κ3) is 2.46. The minimum atomic E-state index is 0.474. The molecule has 0 spiro atoms. The summed E-state index contributed by atoms with van der Waals surface area (Å²) >= 11 is 0. The van der Waals surface area contributed by atoms with Gasteiger partial charge in [0, 0.05) is 18.8 Å². The van der Waals surface area contributed by atoms with Crippen molar-refractivity contribution in [3.63, 3.8) is 0 Å². The molecule has 1 aliphatic rings. The van der Waals surface area contributed by atoms with Crippen molar-refractivity contribution in [2.45, 2.75) is 32.2 Å². The fourth-order valence-electron chi connectivity index (χ4n) is 2.91. The first-order chi connectivity index (χ1) is 8.80. The Morgan fingerprint density at radius 3 is 3.06 bits per heavy atom. The second-order valence-electron chi connectivity index (χ2n) is 4.79. The number of hydrogen-bond donors (Lipinski definition) is 1. The molecule has 2 rings (SSSR count). The lowest BCUT2D eigenvalue weighted by Gasteiger charge is -2.32. The van der Waals surface area contributed by atoms with Crippen LogP contribution in [0, 0.1) is 17.2 Å². The Labute approximate surface area is 108 Å². The van der Waals surface area contributed by atoms with Crippen LogP contribution >= 0.6 is 0 Å². The SMILES string of the molecule is CCN(c1cc(C#N)ccn1)C1CCCC1CN. The average molecular weight is 244 g/mol. The Hall–Kier alpha value is -1.60. The number of aromatic nitrogens is 1. The molecule has 4 heteroatoms. The summed E-state index contributed by atoms with van der Waals surface area (Å²) in [6.45, 7) is 3.77. The highest BCUT2D eigenvalue weighted by molar-refractivity contribution is 5.46. The van der Waals surface area contributed by atoms with Crippen LogP contribution in [0.1, 0.15) is 31.7 Å². The van der Waals surface area contributed by atoms with E-state index >= 15 is 0 Å². The van der Waals surface area contributed by atoms with Gasteiger partial charge in [-0.3, -0.25) is 0 Å². The summed E-state index contributed by atoms with van der Waals surface area (Å²) in [7, 11) is 0. The zero-order chi connectivity index (χ0) is 13.0. The smallest absolute Gasteiger partial charge is 0.130 e. The lowest BCUT2D eigenvalue weighted by atomic mass is 10.0. The fraction of sp³-hybridized carbons (Fsp3) is 0.571. The van der Waals surface area contributed by atoms with E-state index in [1.54, 1.807) is 12.3 Å². The Morgan fingerprint density at radius 2 is 2.39 bits per heavy atom. The van der Waals surface area contributed by atoms with Crippen LogP contribution in [0.25, 0.3) is 0 Å². The molecule has 96 valence electrons. The Kier molecular flexibility index (Phi) is 4.16. The summed E-state index contributed by atoms with van der Waals surface area (Å²) in [5, 5.41) is 8.96. The van der Waals surface area contributed by atoms with Crippen LogP contribution in [0.15, 0.2) is 18.3 Å². The molecule has 0 radical (unpaired) electrons. The average Bonchev–Trinajstić information content (AvgIpc) is 2.88. The van der Waals surface area contributed by atoms with Gasteiger partial charge in [-0.25, -0.2) is 4.98 Å². The Balaban J connectivity index is 2.24. The zero-order valence-electron chi connectivity index (χ0n) is 10.8. The molecule has 0 aromatic carbocycles. The van der Waals surface area contributed by atoms with E-state index in [0.717, 1.165) is 18.9 Å². The predicted molar refractivity (Wildman–Crippen MR) is 72.2 cm³/mol. The molecular formula is C14H20N4. The van der Waals surface area contributed by atoms with Gasteiger partial charge in [0.1, 0.15) is 5.82 Å². The van der Waals surface area contributed by atoms with E-state index in [1.165, 1.54) is 19.3 Å². The Bertz CT molecular complexity index is 438. The minimum Gasteiger partial charge on any atom is -0.354 e. The topological polar surface area (TPSA) is 65.9 Å². The first kappa shape index (κ1) is 12.8. The van der Waals surface area contributed by atoms with Crippen LogP contribution in [-0.2, 0) is 0 Å². The molecule has 1 aliphatic carbocycles. The minimum absolute atomic E-state index is 0.474. The molecule has 1 aromatic rings. The predicted octanol–water partition coefficient (Wildman–Crippen LogP) is 1.91. The third-order valence-electron chi connectivity index (χ3n) is 3.83. The van der Waals surface area contributed by atoms with Gasteiger partial charge in [-0.2, -0.15) is 5.26 Å². The summed E-state index contributed by atoms with van der Waals surface area (Å²) in [6.07, 6.45) is 5.33. The maximum Gasteiger partial charge on any atom is 0.130 e. The number of nitrogens with two attached hydrogens (primary N) is 1. The summed E-state index contributed by atoms with van der Waals surface area (Å²) in [6, 6.07) is 6.26. The molecule has 0 amide bonds. The molecule has 2 atom stereocenters. The van der Waals surface area contributed by atoms with Crippen LogP contribution in [0.4, 0.5) is 5.82 Å². The van der Waals surface area contributed by atoms with Crippen molar-refractivity contribution >= 4 is 5.82 Å². The van der Waals surface area contributed by atoms with E-state index < -0.39 is 0 Å². The highest BCUT2D eigenvalue weighted by Gasteiger charge is 2.31. The molecule has 1 heterocycles. The molecule has 4 nitrogen and oxygen atoms in total. The van der Waals surface area contributed by atoms with Gasteiger partial charge in [-0.15, -0.1) is 0 Å². The molecule has 18 heavy (non-hydrogen) atoms. The first-order valence-corrected chi connectivity index (χ1v) is 6.63. The maximum atomic E-state index is 8.96. The van der Waals surface area contributed by atoms with Crippen LogP contribution < -0.4 is 10.6 Å². The largest absolute Gasteiger partial charge is 0.354 e. The monoisotopic (exact) mass is 244 g/mol. The van der Waals surface area contributed by atoms with Crippen LogP contribution in [0.3, 0.4) is 0 Å². The van der Waals surface area contributed by atoms with Crippen molar-refractivity contribution in [3.05, 3.63) is 23.9 Å². The van der Waals surface area contributed by atoms with E-state index in [1.807, 2.05) is 6.07 Å². The third-order valence-corrected chi connectivity index (χ3v) is 3.83. The van der Waals surface area contributed by atoms with Crippen LogP contribution in [0.5, 0.6) is 0 Å². The van der Waals surface area contributed by atoms with Gasteiger partial charge in [0.2, 0.25) is 0 Å². The summed E-state index contributed by atoms with van der Waals surface area (Å²) in [5.41, 5.74) is 6.52. The van der Waals surface area contributed by atoms with Crippen LogP contribution in [-0.4, -0.2) is 24.1 Å². The van der Waals surface area contributed by atoms with E-state index in [9.17, 15) is 0 Å². The van der Waals surface area contributed by atoms with Crippen molar-refractivity contribution < 1.29 is 0 Å². The Morgan fingerprint density at radius 1 is 1.56 bits per heavy atom. The quantitative estimate of drug-likeness (QED) is 0.878. The molecule has 0 bridgehead atoms. The van der Waals surface area contributed by atoms with Gasteiger partial charge >= 0.3 is 0 Å². The summed E-state index contributed by atoms with van der Waals surface area (Å²) in [4.78, 5) is 6.70. The van der Waals surface area contributed by atoms with E-state index in [-0.39, 0.29) is 0 Å². The number of nitrogens with zero attached hydrogens (tertiary/aromatic N) is 3. The number of rotatable bonds is 4. The van der Waals surface area contributed by atoms with Gasteiger partial charge < -0.3 is 10.6 Å². The number of pyridine rings is 1. The lowest BCUT2D eigenvalue weighted by molar-refractivity contribution is 0.459. The highest BCUT2D eigenvalue weighted by Crippen LogP contribution is 2.31. The molecular weight excluding hydrogens is 224 g/mol. The van der Waals surface area contributed by atoms with Crippen molar-refractivity contribution in [1.29, 1.82) is 5.26 Å². The van der Waals surface area contributed by atoms with Crippen LogP contribution in [0.2, 0.25) is 0 Å². The van der Waals surface area contributed by atoms with Crippen molar-refractivity contribution in [1.82, 2.24) is 4.98 Å². The molecule has 1 aromatic heterocycles. The fourth-order valence-corrected chi connectivity index (χ4v) is 2.91. The summed E-state index contributed by atoms with van der Waals surface area (Å²) in [5.74, 6) is 1.46. The van der Waals surface area contributed by atoms with E-state index in [0.29, 0.717) is 17.5 Å². The number of nitriles is 1. The van der Waals surface area contributed by atoms with Gasteiger partial charge in [-0.05, 0) is 44.4 Å². The normalized spacial score (nSPS) is 22.7. The zero-order valence-corrected chi connectivity index (χ0v) is 10.8. The standard InChI is InChI=1S/C14H20N4/c1-2-18(13-5-3-4-12(13)10-16)14-8-11(9-15)6-7-17-14/h6-8,12-13H,2-5,10,16H2,1H3. The maximum absolute atomic E-state index is 8.96.